The van der Waals surface area contributed by atoms with Gasteiger partial charge in [-0.05, 0) is 37.3 Å². The van der Waals surface area contributed by atoms with Gasteiger partial charge in [0.25, 0.3) is 5.91 Å². The molecule has 0 aliphatic heterocycles. The Bertz CT molecular complexity index is 970. The van der Waals surface area contributed by atoms with Gasteiger partial charge in [0.15, 0.2) is 5.65 Å². The highest BCUT2D eigenvalue weighted by Gasteiger charge is 2.29. The molecule has 1 amide bonds. The highest BCUT2D eigenvalue weighted by molar-refractivity contribution is 7.09. The molecular weight excluding hydrogens is 344 g/mol. The van der Waals surface area contributed by atoms with Crippen LogP contribution in [0.2, 0.25) is 0 Å². The Kier molecular flexibility index (Phi) is 4.36. The molecule has 6 heteroatoms. The maximum absolute atomic E-state index is 13.4. The van der Waals surface area contributed by atoms with Crippen molar-refractivity contribution in [2.45, 2.75) is 32.2 Å². The van der Waals surface area contributed by atoms with Crippen molar-refractivity contribution in [1.29, 1.82) is 0 Å². The molecule has 0 aromatic carbocycles. The van der Waals surface area contributed by atoms with Crippen LogP contribution in [-0.4, -0.2) is 32.1 Å². The zero-order chi connectivity index (χ0) is 18.3. The predicted octanol–water partition coefficient (Wildman–Crippen LogP) is 4.04. The fraction of sp³-hybridized carbons (Fsp3) is 0.350. The molecule has 1 aliphatic carbocycles. The molecule has 0 N–H and O–H groups in total. The minimum absolute atomic E-state index is 0.0173. The molecule has 0 bridgehead atoms. The maximum atomic E-state index is 13.4. The maximum Gasteiger partial charge on any atom is 0.255 e. The summed E-state index contributed by atoms with van der Waals surface area (Å²) < 4.78 is 1.78. The van der Waals surface area contributed by atoms with Gasteiger partial charge in [-0.2, -0.15) is 5.10 Å². The molecule has 3 heterocycles. The first-order chi connectivity index (χ1) is 12.6. The summed E-state index contributed by atoms with van der Waals surface area (Å²) in [7, 11) is 1.89. The Morgan fingerprint density at radius 2 is 2.31 bits per heavy atom. The van der Waals surface area contributed by atoms with Crippen LogP contribution in [0, 0.1) is 6.92 Å². The fourth-order valence-corrected chi connectivity index (χ4v) is 4.08. The van der Waals surface area contributed by atoms with E-state index in [0.717, 1.165) is 40.1 Å². The molecule has 0 radical (unpaired) electrons. The van der Waals surface area contributed by atoms with Crippen molar-refractivity contribution in [3.8, 4) is 0 Å². The molecule has 4 rings (SSSR count). The summed E-state index contributed by atoms with van der Waals surface area (Å²) in [4.78, 5) is 21.2. The molecule has 5 nitrogen and oxygen atoms in total. The van der Waals surface area contributed by atoms with Gasteiger partial charge in [0.1, 0.15) is 0 Å². The van der Waals surface area contributed by atoms with Crippen LogP contribution in [-0.2, 0) is 13.6 Å². The van der Waals surface area contributed by atoms with Gasteiger partial charge in [0.2, 0.25) is 0 Å². The molecule has 1 aliphatic rings. The van der Waals surface area contributed by atoms with E-state index in [1.165, 1.54) is 0 Å². The number of carbonyl (C=O) groups is 1. The first-order valence-corrected chi connectivity index (χ1v) is 9.73. The van der Waals surface area contributed by atoms with Crippen LogP contribution in [0.25, 0.3) is 11.0 Å². The molecule has 1 saturated carbocycles. The van der Waals surface area contributed by atoms with Crippen LogP contribution in [0.15, 0.2) is 36.2 Å². The molecule has 134 valence electrons. The normalized spacial score (nSPS) is 13.9. The van der Waals surface area contributed by atoms with Crippen molar-refractivity contribution in [2.75, 3.05) is 6.54 Å². The number of hydrogen-bond acceptors (Lipinski definition) is 4. The molecular formula is C20H22N4OS. The molecule has 1 fully saturated rings. The van der Waals surface area contributed by atoms with Crippen molar-refractivity contribution in [1.82, 2.24) is 19.7 Å². The Morgan fingerprint density at radius 3 is 2.96 bits per heavy atom. The van der Waals surface area contributed by atoms with E-state index in [9.17, 15) is 4.79 Å². The standard InChI is InChI=1S/C20H22N4OS/c1-4-9-24(12-15-6-5-10-26-15)20(25)16-11-17(14-7-8-14)21-19-18(16)13(2)22-23(19)3/h4-6,10-11,14H,1,7-9,12H2,2-3H3. The second-order valence-electron chi connectivity index (χ2n) is 6.83. The molecule has 0 saturated heterocycles. The summed E-state index contributed by atoms with van der Waals surface area (Å²) >= 11 is 1.66. The van der Waals surface area contributed by atoms with E-state index in [4.69, 9.17) is 4.98 Å². The van der Waals surface area contributed by atoms with Crippen LogP contribution >= 0.6 is 11.3 Å². The summed E-state index contributed by atoms with van der Waals surface area (Å²) in [5, 5.41) is 7.40. The second kappa shape index (κ2) is 6.68. The molecule has 0 spiro atoms. The fourth-order valence-electron chi connectivity index (χ4n) is 3.36. The average molecular weight is 366 g/mol. The van der Waals surface area contributed by atoms with Crippen molar-refractivity contribution in [3.05, 3.63) is 58.1 Å². The van der Waals surface area contributed by atoms with Crippen LogP contribution in [0.3, 0.4) is 0 Å². The molecule has 0 unspecified atom stereocenters. The number of thiophene rings is 1. The number of rotatable bonds is 6. The topological polar surface area (TPSA) is 51.0 Å². The average Bonchev–Trinajstić information content (AvgIpc) is 3.28. The lowest BCUT2D eigenvalue weighted by Crippen LogP contribution is -2.30. The number of nitrogens with zero attached hydrogens (tertiary/aromatic N) is 4. The minimum atomic E-state index is 0.0173. The second-order valence-corrected chi connectivity index (χ2v) is 7.86. The quantitative estimate of drug-likeness (QED) is 0.619. The monoisotopic (exact) mass is 366 g/mol. The first kappa shape index (κ1) is 17.0. The predicted molar refractivity (Wildman–Crippen MR) is 104 cm³/mol. The summed E-state index contributed by atoms with van der Waals surface area (Å²) in [6.07, 6.45) is 4.07. The van der Waals surface area contributed by atoms with Crippen LogP contribution < -0.4 is 0 Å². The van der Waals surface area contributed by atoms with Crippen LogP contribution in [0.4, 0.5) is 0 Å². The molecule has 0 atom stereocenters. The van der Waals surface area contributed by atoms with Gasteiger partial charge in [0, 0.05) is 30.1 Å². The number of hydrogen-bond donors (Lipinski definition) is 0. The van der Waals surface area contributed by atoms with Crippen molar-refractivity contribution < 1.29 is 4.79 Å². The van der Waals surface area contributed by atoms with Gasteiger partial charge >= 0.3 is 0 Å². The lowest BCUT2D eigenvalue weighted by molar-refractivity contribution is 0.0766. The smallest absolute Gasteiger partial charge is 0.255 e. The van der Waals surface area contributed by atoms with Crippen molar-refractivity contribution in [2.24, 2.45) is 7.05 Å². The zero-order valence-corrected chi connectivity index (χ0v) is 15.9. The lowest BCUT2D eigenvalue weighted by Gasteiger charge is -2.21. The van der Waals surface area contributed by atoms with E-state index in [1.807, 2.05) is 36.4 Å². The third-order valence-corrected chi connectivity index (χ3v) is 5.64. The van der Waals surface area contributed by atoms with Crippen LogP contribution in [0.5, 0.6) is 0 Å². The van der Waals surface area contributed by atoms with Gasteiger partial charge in [-0.15, -0.1) is 17.9 Å². The van der Waals surface area contributed by atoms with Gasteiger partial charge in [0.05, 0.1) is 23.2 Å². The summed E-state index contributed by atoms with van der Waals surface area (Å²) in [5.41, 5.74) is 3.36. The van der Waals surface area contributed by atoms with E-state index in [2.05, 4.69) is 17.7 Å². The van der Waals surface area contributed by atoms with Crippen LogP contribution in [0.1, 0.15) is 45.4 Å². The zero-order valence-electron chi connectivity index (χ0n) is 15.1. The Balaban J connectivity index is 1.80. The van der Waals surface area contributed by atoms with Gasteiger partial charge in [-0.25, -0.2) is 4.98 Å². The van der Waals surface area contributed by atoms with Crippen molar-refractivity contribution in [3.63, 3.8) is 0 Å². The third-order valence-electron chi connectivity index (χ3n) is 4.78. The molecule has 3 aromatic heterocycles. The lowest BCUT2D eigenvalue weighted by atomic mass is 10.1. The van der Waals surface area contributed by atoms with E-state index in [-0.39, 0.29) is 5.91 Å². The number of pyridine rings is 1. The minimum Gasteiger partial charge on any atom is -0.330 e. The number of amides is 1. The van der Waals surface area contributed by atoms with Gasteiger partial charge in [-0.3, -0.25) is 9.48 Å². The van der Waals surface area contributed by atoms with E-state index in [0.29, 0.717) is 24.6 Å². The Labute approximate surface area is 157 Å². The van der Waals surface area contributed by atoms with Gasteiger partial charge < -0.3 is 4.90 Å². The highest BCUT2D eigenvalue weighted by Crippen LogP contribution is 2.40. The van der Waals surface area contributed by atoms with Crippen molar-refractivity contribution >= 4 is 28.3 Å². The number of aromatic nitrogens is 3. The van der Waals surface area contributed by atoms with E-state index >= 15 is 0 Å². The SMILES string of the molecule is C=CCN(Cc1cccs1)C(=O)c1cc(C2CC2)nc2c1c(C)nn2C. The van der Waals surface area contributed by atoms with E-state index < -0.39 is 0 Å². The number of carbonyl (C=O) groups excluding carboxylic acids is 1. The van der Waals surface area contributed by atoms with E-state index in [1.54, 1.807) is 22.1 Å². The Morgan fingerprint density at radius 1 is 1.50 bits per heavy atom. The Hall–Kier alpha value is -2.47. The summed E-state index contributed by atoms with van der Waals surface area (Å²) in [6.45, 7) is 6.87. The summed E-state index contributed by atoms with van der Waals surface area (Å²) in [6, 6.07) is 6.06. The molecule has 26 heavy (non-hydrogen) atoms. The first-order valence-electron chi connectivity index (χ1n) is 8.85. The summed E-state index contributed by atoms with van der Waals surface area (Å²) in [5.74, 6) is 0.495. The largest absolute Gasteiger partial charge is 0.330 e. The highest BCUT2D eigenvalue weighted by atomic mass is 32.1. The molecule has 3 aromatic rings. The number of aryl methyl sites for hydroxylation is 2. The number of fused-ring (bicyclic) bond motifs is 1. The van der Waals surface area contributed by atoms with Gasteiger partial charge in [-0.1, -0.05) is 12.1 Å². The third kappa shape index (κ3) is 3.05.